The van der Waals surface area contributed by atoms with Crippen LogP contribution < -0.4 is 5.32 Å². The Labute approximate surface area is 197 Å². The number of unbranched alkanes of at least 4 members (excludes halogenated alkanes) is 1. The quantitative estimate of drug-likeness (QED) is 0.408. The lowest BCUT2D eigenvalue weighted by Gasteiger charge is -2.28. The number of ether oxygens (including phenoxy) is 1. The van der Waals surface area contributed by atoms with Gasteiger partial charge in [-0.05, 0) is 32.1 Å². The molecule has 0 bridgehead atoms. The summed E-state index contributed by atoms with van der Waals surface area (Å²) in [7, 11) is 1.82. The van der Waals surface area contributed by atoms with Gasteiger partial charge in [0.05, 0.1) is 5.69 Å². The SMILES string of the molecule is C=C(NC(=O)c1c(C)c(C(C)(C)C)nn1C)N(CCCC)CC(C)C.CCCOCCC. The summed E-state index contributed by atoms with van der Waals surface area (Å²) in [5.74, 6) is 1.04. The molecule has 6 nitrogen and oxygen atoms in total. The second-order valence-corrected chi connectivity index (χ2v) is 9.90. The molecule has 0 fully saturated rings. The fourth-order valence-corrected chi connectivity index (χ4v) is 3.45. The minimum Gasteiger partial charge on any atom is -0.381 e. The van der Waals surface area contributed by atoms with Crippen LogP contribution in [0.5, 0.6) is 0 Å². The molecular formula is C26H50N4O2. The molecule has 1 rings (SSSR count). The standard InChI is InChI=1S/C20H36N4O.C6H14O/c1-10-11-12-24(13-14(2)3)16(5)21-19(25)17-15(4)18(20(6,7)8)22-23(17)9;1-3-5-7-6-4-2/h14H,5,10-13H2,1-4,6-9H3,(H,21,25);3-6H2,1-2H3. The normalized spacial score (nSPS) is 11.2. The third-order valence-electron chi connectivity index (χ3n) is 4.91. The topological polar surface area (TPSA) is 59.4 Å². The summed E-state index contributed by atoms with van der Waals surface area (Å²) in [6.07, 6.45) is 4.48. The first-order chi connectivity index (χ1) is 14.9. The van der Waals surface area contributed by atoms with E-state index in [-0.39, 0.29) is 11.3 Å². The lowest BCUT2D eigenvalue weighted by Crippen LogP contribution is -2.38. The second-order valence-electron chi connectivity index (χ2n) is 9.90. The Bertz CT molecular complexity index is 683. The molecule has 1 N–H and O–H groups in total. The third-order valence-corrected chi connectivity index (χ3v) is 4.91. The van der Waals surface area contributed by atoms with Gasteiger partial charge in [-0.3, -0.25) is 9.48 Å². The van der Waals surface area contributed by atoms with E-state index in [4.69, 9.17) is 4.74 Å². The summed E-state index contributed by atoms with van der Waals surface area (Å²) >= 11 is 0. The highest BCUT2D eigenvalue weighted by Crippen LogP contribution is 2.26. The Balaban J connectivity index is 0.00000118. The Kier molecular flexibility index (Phi) is 14.2. The zero-order valence-corrected chi connectivity index (χ0v) is 22.6. The molecule has 1 aromatic heterocycles. The summed E-state index contributed by atoms with van der Waals surface area (Å²) in [5.41, 5.74) is 2.40. The Morgan fingerprint density at radius 3 is 2.12 bits per heavy atom. The summed E-state index contributed by atoms with van der Waals surface area (Å²) < 4.78 is 6.81. The van der Waals surface area contributed by atoms with Crippen LogP contribution in [0.4, 0.5) is 0 Å². The van der Waals surface area contributed by atoms with Crippen molar-refractivity contribution >= 4 is 5.91 Å². The molecule has 0 aliphatic carbocycles. The number of nitrogens with zero attached hydrogens (tertiary/aromatic N) is 3. The van der Waals surface area contributed by atoms with Gasteiger partial charge in [0, 0.05) is 44.3 Å². The van der Waals surface area contributed by atoms with Crippen molar-refractivity contribution in [3.63, 3.8) is 0 Å². The lowest BCUT2D eigenvalue weighted by molar-refractivity contribution is 0.0939. The van der Waals surface area contributed by atoms with E-state index in [9.17, 15) is 4.79 Å². The number of aryl methyl sites for hydroxylation is 1. The largest absolute Gasteiger partial charge is 0.381 e. The van der Waals surface area contributed by atoms with Gasteiger partial charge in [-0.1, -0.05) is 68.4 Å². The molecule has 1 aromatic rings. The van der Waals surface area contributed by atoms with E-state index in [0.717, 1.165) is 63.2 Å². The molecule has 186 valence electrons. The Morgan fingerprint density at radius 1 is 1.16 bits per heavy atom. The monoisotopic (exact) mass is 450 g/mol. The molecule has 6 heteroatoms. The summed E-state index contributed by atoms with van der Waals surface area (Å²) in [4.78, 5) is 15.0. The number of rotatable bonds is 12. The molecule has 1 heterocycles. The minimum atomic E-state index is -0.141. The number of nitrogens with one attached hydrogen (secondary N) is 1. The third kappa shape index (κ3) is 10.7. The van der Waals surface area contributed by atoms with Crippen molar-refractivity contribution in [3.8, 4) is 0 Å². The number of carbonyl (C=O) groups is 1. The molecule has 0 saturated heterocycles. The zero-order valence-electron chi connectivity index (χ0n) is 22.6. The molecule has 0 aromatic carbocycles. The van der Waals surface area contributed by atoms with Crippen LogP contribution in [0.2, 0.25) is 0 Å². The molecule has 0 spiro atoms. The highest BCUT2D eigenvalue weighted by atomic mass is 16.5. The first-order valence-corrected chi connectivity index (χ1v) is 12.3. The average Bonchev–Trinajstić information content (AvgIpc) is 3.00. The molecule has 0 radical (unpaired) electrons. The van der Waals surface area contributed by atoms with Crippen LogP contribution in [-0.4, -0.2) is 46.9 Å². The van der Waals surface area contributed by atoms with Crippen LogP contribution in [0.3, 0.4) is 0 Å². The van der Waals surface area contributed by atoms with Gasteiger partial charge in [0.25, 0.3) is 5.91 Å². The van der Waals surface area contributed by atoms with Crippen LogP contribution in [0.1, 0.15) is 103 Å². The predicted octanol–water partition coefficient (Wildman–Crippen LogP) is 5.81. The summed E-state index contributed by atoms with van der Waals surface area (Å²) in [6.45, 7) is 26.8. The van der Waals surface area contributed by atoms with Crippen molar-refractivity contribution in [1.82, 2.24) is 20.0 Å². The minimum absolute atomic E-state index is 0.0951. The highest BCUT2D eigenvalue weighted by Gasteiger charge is 2.27. The fourth-order valence-electron chi connectivity index (χ4n) is 3.45. The molecule has 0 unspecified atom stereocenters. The molecule has 0 saturated carbocycles. The Morgan fingerprint density at radius 2 is 1.72 bits per heavy atom. The Hall–Kier alpha value is -1.82. The molecule has 0 atom stereocenters. The van der Waals surface area contributed by atoms with Crippen LogP contribution in [0, 0.1) is 12.8 Å². The van der Waals surface area contributed by atoms with Crippen LogP contribution in [0.25, 0.3) is 0 Å². The molecule has 0 aliphatic heterocycles. The van der Waals surface area contributed by atoms with Crippen LogP contribution in [0.15, 0.2) is 12.4 Å². The molecule has 0 aliphatic rings. The number of hydrogen-bond acceptors (Lipinski definition) is 4. The van der Waals surface area contributed by atoms with Crippen LogP contribution in [-0.2, 0) is 17.2 Å². The smallest absolute Gasteiger partial charge is 0.275 e. The highest BCUT2D eigenvalue weighted by molar-refractivity contribution is 5.95. The van der Waals surface area contributed by atoms with E-state index in [2.05, 4.69) is 77.3 Å². The van der Waals surface area contributed by atoms with E-state index in [0.29, 0.717) is 17.4 Å². The van der Waals surface area contributed by atoms with E-state index >= 15 is 0 Å². The van der Waals surface area contributed by atoms with Gasteiger partial charge in [-0.2, -0.15) is 5.10 Å². The average molecular weight is 451 g/mol. The van der Waals surface area contributed by atoms with E-state index in [1.54, 1.807) is 4.68 Å². The molecule has 32 heavy (non-hydrogen) atoms. The van der Waals surface area contributed by atoms with Gasteiger partial charge < -0.3 is 15.0 Å². The van der Waals surface area contributed by atoms with Crippen molar-refractivity contribution in [2.45, 2.75) is 93.4 Å². The van der Waals surface area contributed by atoms with Crippen molar-refractivity contribution < 1.29 is 9.53 Å². The maximum atomic E-state index is 12.8. The van der Waals surface area contributed by atoms with Crippen molar-refractivity contribution in [3.05, 3.63) is 29.4 Å². The summed E-state index contributed by atoms with van der Waals surface area (Å²) in [5, 5.41) is 7.55. The van der Waals surface area contributed by atoms with Gasteiger partial charge in [0.1, 0.15) is 11.5 Å². The molecule has 1 amide bonds. The fraction of sp³-hybridized carbons (Fsp3) is 0.769. The maximum absolute atomic E-state index is 12.8. The van der Waals surface area contributed by atoms with Gasteiger partial charge in [0.15, 0.2) is 0 Å². The first kappa shape index (κ1) is 30.2. The van der Waals surface area contributed by atoms with E-state index in [1.807, 2.05) is 14.0 Å². The number of amides is 1. The van der Waals surface area contributed by atoms with Gasteiger partial charge >= 0.3 is 0 Å². The van der Waals surface area contributed by atoms with Crippen molar-refractivity contribution in [2.75, 3.05) is 26.3 Å². The van der Waals surface area contributed by atoms with Gasteiger partial charge in [-0.15, -0.1) is 0 Å². The number of aromatic nitrogens is 2. The first-order valence-electron chi connectivity index (χ1n) is 12.3. The number of carbonyl (C=O) groups excluding carboxylic acids is 1. The lowest BCUT2D eigenvalue weighted by atomic mass is 9.89. The van der Waals surface area contributed by atoms with E-state index in [1.165, 1.54) is 0 Å². The summed E-state index contributed by atoms with van der Waals surface area (Å²) in [6, 6.07) is 0. The van der Waals surface area contributed by atoms with Crippen LogP contribution >= 0.6 is 0 Å². The van der Waals surface area contributed by atoms with Crippen molar-refractivity contribution in [1.29, 1.82) is 0 Å². The zero-order chi connectivity index (χ0) is 24.9. The maximum Gasteiger partial charge on any atom is 0.275 e. The van der Waals surface area contributed by atoms with Crippen molar-refractivity contribution in [2.24, 2.45) is 13.0 Å². The second kappa shape index (κ2) is 15.1. The van der Waals surface area contributed by atoms with Gasteiger partial charge in [0.2, 0.25) is 0 Å². The number of hydrogen-bond donors (Lipinski definition) is 1. The van der Waals surface area contributed by atoms with E-state index < -0.39 is 0 Å². The molecular weight excluding hydrogens is 400 g/mol. The van der Waals surface area contributed by atoms with Gasteiger partial charge in [-0.25, -0.2) is 0 Å². The predicted molar refractivity (Wildman–Crippen MR) is 136 cm³/mol.